The van der Waals surface area contributed by atoms with E-state index in [2.05, 4.69) is 17.2 Å². The Morgan fingerprint density at radius 1 is 1.38 bits per heavy atom. The van der Waals surface area contributed by atoms with Gasteiger partial charge in [-0.15, -0.1) is 0 Å². The van der Waals surface area contributed by atoms with Crippen LogP contribution in [0.3, 0.4) is 0 Å². The zero-order valence-electron chi connectivity index (χ0n) is 10.6. The molecule has 0 saturated carbocycles. The van der Waals surface area contributed by atoms with Crippen LogP contribution >= 0.6 is 12.2 Å². The van der Waals surface area contributed by atoms with Crippen LogP contribution < -0.4 is 10.6 Å². The molecule has 0 saturated heterocycles. The number of rotatable bonds is 6. The van der Waals surface area contributed by atoms with Gasteiger partial charge in [0.2, 0.25) is 0 Å². The maximum atomic E-state index is 12.7. The Balaban J connectivity index is 3.35. The van der Waals surface area contributed by atoms with E-state index in [0.29, 0.717) is 6.07 Å². The fraction of sp³-hybridized carbons (Fsp3) is 0.455. The van der Waals surface area contributed by atoms with Gasteiger partial charge in [-0.05, 0) is 12.1 Å². The van der Waals surface area contributed by atoms with Crippen LogP contribution in [-0.4, -0.2) is 41.2 Å². The molecule has 1 aromatic rings. The lowest BCUT2D eigenvalue weighted by Gasteiger charge is -2.25. The highest BCUT2D eigenvalue weighted by Crippen LogP contribution is 2.30. The van der Waals surface area contributed by atoms with Crippen LogP contribution in [0.4, 0.5) is 27.8 Å². The quantitative estimate of drug-likeness (QED) is 0.616. The Bertz CT molecular complexity index is 509. The molecule has 1 rings (SSSR count). The minimum Gasteiger partial charge on any atom is -0.395 e. The van der Waals surface area contributed by atoms with E-state index in [4.69, 9.17) is 10.8 Å². The summed E-state index contributed by atoms with van der Waals surface area (Å²) in [7, 11) is 0. The average Bonchev–Trinajstić information content (AvgIpc) is 2.35. The maximum absolute atomic E-state index is 12.7. The van der Waals surface area contributed by atoms with Gasteiger partial charge in [0.25, 0.3) is 6.43 Å². The first kappa shape index (κ1) is 17.5. The second-order valence-corrected chi connectivity index (χ2v) is 4.43. The van der Waals surface area contributed by atoms with Crippen LogP contribution in [0.15, 0.2) is 12.1 Å². The molecule has 118 valence electrons. The van der Waals surface area contributed by atoms with E-state index in [1.54, 1.807) is 0 Å². The molecule has 1 heterocycles. The van der Waals surface area contributed by atoms with Gasteiger partial charge in [0.1, 0.15) is 16.5 Å². The third-order valence-electron chi connectivity index (χ3n) is 2.46. The number of aromatic nitrogens is 1. The van der Waals surface area contributed by atoms with Gasteiger partial charge in [0, 0.05) is 6.54 Å². The summed E-state index contributed by atoms with van der Waals surface area (Å²) in [5, 5.41) is 8.87. The van der Waals surface area contributed by atoms with Crippen LogP contribution in [0.5, 0.6) is 0 Å². The molecular weight excluding hydrogens is 317 g/mol. The first-order valence-corrected chi connectivity index (χ1v) is 6.09. The van der Waals surface area contributed by atoms with Crippen molar-refractivity contribution >= 4 is 23.0 Å². The number of nitrogens with two attached hydrogens (primary N) is 1. The molecule has 0 spiro atoms. The third-order valence-corrected chi connectivity index (χ3v) is 2.68. The lowest BCUT2D eigenvalue weighted by atomic mass is 10.2. The number of alkyl halides is 5. The highest BCUT2D eigenvalue weighted by atomic mass is 32.1. The van der Waals surface area contributed by atoms with E-state index in [1.165, 1.54) is 0 Å². The number of aliphatic hydroxyl groups excluding tert-OH is 1. The Hall–Kier alpha value is -1.55. The van der Waals surface area contributed by atoms with Crippen LogP contribution in [0, 0.1) is 0 Å². The molecule has 1 aromatic heterocycles. The third kappa shape index (κ3) is 4.74. The molecular formula is C11H12F5N3OS. The van der Waals surface area contributed by atoms with Crippen LogP contribution in [0.25, 0.3) is 0 Å². The van der Waals surface area contributed by atoms with Crippen molar-refractivity contribution in [3.63, 3.8) is 0 Å². The predicted octanol–water partition coefficient (Wildman–Crippen LogP) is 1.80. The summed E-state index contributed by atoms with van der Waals surface area (Å²) in [5.41, 5.74) is 4.05. The molecule has 0 aromatic carbocycles. The zero-order valence-corrected chi connectivity index (χ0v) is 11.4. The van der Waals surface area contributed by atoms with E-state index in [9.17, 15) is 22.0 Å². The zero-order chi connectivity index (χ0) is 16.2. The maximum Gasteiger partial charge on any atom is 0.433 e. The molecule has 0 radical (unpaired) electrons. The Labute approximate surface area is 122 Å². The topological polar surface area (TPSA) is 62.4 Å². The minimum atomic E-state index is -4.74. The fourth-order valence-electron chi connectivity index (χ4n) is 1.61. The second kappa shape index (κ2) is 6.94. The molecule has 0 atom stereocenters. The average molecular weight is 329 g/mol. The molecule has 4 nitrogen and oxygen atoms in total. The Kier molecular flexibility index (Phi) is 5.78. The van der Waals surface area contributed by atoms with Crippen molar-refractivity contribution in [1.82, 2.24) is 4.98 Å². The molecule has 0 amide bonds. The van der Waals surface area contributed by atoms with Crippen LogP contribution in [0.2, 0.25) is 0 Å². The van der Waals surface area contributed by atoms with Crippen LogP contribution in [0.1, 0.15) is 11.3 Å². The summed E-state index contributed by atoms with van der Waals surface area (Å²) >= 11 is 4.68. The molecule has 0 fully saturated rings. The van der Waals surface area contributed by atoms with E-state index in [1.807, 2.05) is 0 Å². The van der Waals surface area contributed by atoms with Crippen LogP contribution in [-0.2, 0) is 6.18 Å². The number of hydrogen-bond acceptors (Lipinski definition) is 4. The van der Waals surface area contributed by atoms with Gasteiger partial charge < -0.3 is 15.7 Å². The van der Waals surface area contributed by atoms with Gasteiger partial charge in [-0.3, -0.25) is 0 Å². The lowest BCUT2D eigenvalue weighted by molar-refractivity contribution is -0.141. The van der Waals surface area contributed by atoms with E-state index in [-0.39, 0.29) is 17.1 Å². The number of hydrogen-bond donors (Lipinski definition) is 2. The summed E-state index contributed by atoms with van der Waals surface area (Å²) < 4.78 is 63.1. The summed E-state index contributed by atoms with van der Waals surface area (Å²) in [6.45, 7) is -1.76. The van der Waals surface area contributed by atoms with Gasteiger partial charge in [0.05, 0.1) is 18.7 Å². The number of anilines is 1. The predicted molar refractivity (Wildman–Crippen MR) is 70.4 cm³/mol. The monoisotopic (exact) mass is 329 g/mol. The number of thiocarbonyl (C=S) groups is 1. The highest BCUT2D eigenvalue weighted by molar-refractivity contribution is 7.80. The molecule has 0 unspecified atom stereocenters. The number of pyridine rings is 1. The Morgan fingerprint density at radius 3 is 2.43 bits per heavy atom. The fourth-order valence-corrected chi connectivity index (χ4v) is 1.77. The number of halogens is 5. The van der Waals surface area contributed by atoms with Crippen molar-refractivity contribution in [3.05, 3.63) is 23.4 Å². The van der Waals surface area contributed by atoms with E-state index < -0.39 is 37.3 Å². The van der Waals surface area contributed by atoms with E-state index in [0.717, 1.165) is 11.0 Å². The van der Waals surface area contributed by atoms with E-state index >= 15 is 0 Å². The molecule has 3 N–H and O–H groups in total. The minimum absolute atomic E-state index is 0.0629. The molecule has 10 heteroatoms. The highest BCUT2D eigenvalue weighted by Gasteiger charge is 2.34. The summed E-state index contributed by atoms with van der Waals surface area (Å²) in [4.78, 5) is 3.87. The van der Waals surface area contributed by atoms with Gasteiger partial charge >= 0.3 is 6.18 Å². The molecule has 0 aliphatic carbocycles. The SMILES string of the molecule is NC(=S)c1ccc(C(F)(F)F)nc1N(CCO)CC(F)F. The lowest BCUT2D eigenvalue weighted by Crippen LogP contribution is -2.34. The Morgan fingerprint density at radius 2 is 2.00 bits per heavy atom. The van der Waals surface area contributed by atoms with Gasteiger partial charge in [-0.1, -0.05) is 12.2 Å². The van der Waals surface area contributed by atoms with Gasteiger partial charge in [0.15, 0.2) is 0 Å². The first-order chi connectivity index (χ1) is 9.66. The molecule has 0 aliphatic heterocycles. The summed E-state index contributed by atoms with van der Waals surface area (Å²) in [5.74, 6) is -0.424. The van der Waals surface area contributed by atoms with Crippen molar-refractivity contribution in [2.24, 2.45) is 5.73 Å². The molecule has 0 aliphatic rings. The normalized spacial score (nSPS) is 11.8. The van der Waals surface area contributed by atoms with Crippen molar-refractivity contribution in [2.45, 2.75) is 12.6 Å². The number of aliphatic hydroxyl groups is 1. The smallest absolute Gasteiger partial charge is 0.395 e. The molecule has 0 bridgehead atoms. The van der Waals surface area contributed by atoms with Gasteiger partial charge in [-0.25, -0.2) is 13.8 Å². The molecule has 21 heavy (non-hydrogen) atoms. The van der Waals surface area contributed by atoms with Crippen molar-refractivity contribution in [2.75, 3.05) is 24.6 Å². The van der Waals surface area contributed by atoms with Gasteiger partial charge in [-0.2, -0.15) is 13.2 Å². The second-order valence-electron chi connectivity index (χ2n) is 3.99. The van der Waals surface area contributed by atoms with Crippen molar-refractivity contribution in [3.8, 4) is 0 Å². The number of nitrogens with zero attached hydrogens (tertiary/aromatic N) is 2. The largest absolute Gasteiger partial charge is 0.433 e. The standard InChI is InChI=1S/C11H12F5N3OS/c12-8(13)5-19(3-4-20)10-6(9(17)21)1-2-7(18-10)11(14,15)16/h1-2,8,20H,3-5H2,(H2,17,21). The first-order valence-electron chi connectivity index (χ1n) is 5.68. The summed E-state index contributed by atoms with van der Waals surface area (Å²) in [6.07, 6.45) is -7.56. The van der Waals surface area contributed by atoms with Crippen molar-refractivity contribution in [1.29, 1.82) is 0 Å². The van der Waals surface area contributed by atoms with Crippen molar-refractivity contribution < 1.29 is 27.1 Å². The summed E-state index contributed by atoms with van der Waals surface area (Å²) in [6, 6.07) is 1.64.